The van der Waals surface area contributed by atoms with E-state index in [-0.39, 0.29) is 31.1 Å². The van der Waals surface area contributed by atoms with Crippen LogP contribution >= 0.6 is 0 Å². The van der Waals surface area contributed by atoms with Gasteiger partial charge in [0.2, 0.25) is 0 Å². The van der Waals surface area contributed by atoms with E-state index in [0.717, 1.165) is 63.7 Å². The molecule has 0 aliphatic rings. The summed E-state index contributed by atoms with van der Waals surface area (Å²) in [5.41, 5.74) is 0. The first-order valence-corrected chi connectivity index (χ1v) is 29.4. The Morgan fingerprint density at radius 2 is 0.538 bits per heavy atom. The van der Waals surface area contributed by atoms with E-state index in [1.807, 2.05) is 0 Å². The summed E-state index contributed by atoms with van der Waals surface area (Å²) >= 11 is 0. The number of hydrogen-bond acceptors (Lipinski definition) is 6. The molecule has 65 heavy (non-hydrogen) atoms. The molecule has 0 N–H and O–H groups in total. The minimum atomic E-state index is -0.762. The van der Waals surface area contributed by atoms with E-state index in [1.165, 1.54) is 231 Å². The number of unbranched alkanes of at least 4 members (excludes halogenated alkanes) is 40. The SMILES string of the molecule is CCCCCCCCCCCCCCCCCCCCC(=O)O[C@@H](COC(=O)CCCCCCCCCCCCCCCCC)COC(=O)CCCCCCCCCCCCC(C)CC. The van der Waals surface area contributed by atoms with Gasteiger partial charge < -0.3 is 14.2 Å². The van der Waals surface area contributed by atoms with Gasteiger partial charge in [-0.05, 0) is 25.2 Å². The zero-order chi connectivity index (χ0) is 47.4. The summed E-state index contributed by atoms with van der Waals surface area (Å²) in [7, 11) is 0. The van der Waals surface area contributed by atoms with Crippen molar-refractivity contribution in [1.29, 1.82) is 0 Å². The van der Waals surface area contributed by atoms with Crippen LogP contribution in [-0.4, -0.2) is 37.2 Å². The Kier molecular flexibility index (Phi) is 52.1. The Hall–Kier alpha value is -1.59. The predicted molar refractivity (Wildman–Crippen MR) is 280 cm³/mol. The summed E-state index contributed by atoms with van der Waals surface area (Å²) < 4.78 is 16.9. The molecule has 0 spiro atoms. The average molecular weight is 920 g/mol. The van der Waals surface area contributed by atoms with Crippen molar-refractivity contribution in [2.45, 2.75) is 342 Å². The van der Waals surface area contributed by atoms with E-state index in [0.29, 0.717) is 19.3 Å². The number of carbonyl (C=O) groups excluding carboxylic acids is 3. The molecular formula is C59H114O6. The maximum Gasteiger partial charge on any atom is 0.306 e. The van der Waals surface area contributed by atoms with Crippen LogP contribution in [0.2, 0.25) is 0 Å². The summed E-state index contributed by atoms with van der Waals surface area (Å²) in [6.07, 6.45) is 58.0. The van der Waals surface area contributed by atoms with E-state index in [1.54, 1.807) is 0 Å². The molecule has 0 aromatic heterocycles. The molecule has 0 heterocycles. The molecule has 0 saturated heterocycles. The molecule has 0 aliphatic carbocycles. The third kappa shape index (κ3) is 51.6. The van der Waals surface area contributed by atoms with Crippen molar-refractivity contribution < 1.29 is 28.6 Å². The Morgan fingerprint density at radius 3 is 0.800 bits per heavy atom. The molecule has 0 aromatic carbocycles. The Morgan fingerprint density at radius 1 is 0.308 bits per heavy atom. The maximum atomic E-state index is 12.9. The van der Waals surface area contributed by atoms with Crippen molar-refractivity contribution in [3.8, 4) is 0 Å². The molecule has 1 unspecified atom stereocenters. The first-order valence-electron chi connectivity index (χ1n) is 29.4. The maximum absolute atomic E-state index is 12.9. The standard InChI is InChI=1S/C59H114O6/c1-5-8-10-12-14-16-18-20-22-23-24-26-28-30-36-40-44-48-52-59(62)65-56(54-64-58(61)51-47-43-39-35-32-31-33-37-41-45-49-55(4)7-3)53-63-57(60)50-46-42-38-34-29-27-25-21-19-17-15-13-11-9-6-2/h55-56H,5-54H2,1-4H3/t55?,56-/m0/s1. The molecule has 386 valence electrons. The van der Waals surface area contributed by atoms with Crippen LogP contribution in [0.5, 0.6) is 0 Å². The van der Waals surface area contributed by atoms with E-state index < -0.39 is 6.10 Å². The highest BCUT2D eigenvalue weighted by Crippen LogP contribution is 2.18. The highest BCUT2D eigenvalue weighted by molar-refractivity contribution is 5.71. The molecule has 0 fully saturated rings. The average Bonchev–Trinajstić information content (AvgIpc) is 3.30. The molecule has 0 rings (SSSR count). The molecule has 0 bridgehead atoms. The van der Waals surface area contributed by atoms with Gasteiger partial charge in [0, 0.05) is 19.3 Å². The molecule has 0 aromatic rings. The van der Waals surface area contributed by atoms with Crippen molar-refractivity contribution in [2.75, 3.05) is 13.2 Å². The van der Waals surface area contributed by atoms with E-state index in [2.05, 4.69) is 27.7 Å². The van der Waals surface area contributed by atoms with Crippen molar-refractivity contribution >= 4 is 17.9 Å². The quantitative estimate of drug-likeness (QED) is 0.0344. The number of ether oxygens (including phenoxy) is 3. The fourth-order valence-electron chi connectivity index (χ4n) is 9.07. The third-order valence-electron chi connectivity index (χ3n) is 13.9. The van der Waals surface area contributed by atoms with Crippen molar-refractivity contribution in [3.05, 3.63) is 0 Å². The fraction of sp³-hybridized carbons (Fsp3) is 0.949. The fourth-order valence-corrected chi connectivity index (χ4v) is 9.07. The van der Waals surface area contributed by atoms with Gasteiger partial charge in [-0.25, -0.2) is 0 Å². The first kappa shape index (κ1) is 63.4. The summed E-state index contributed by atoms with van der Waals surface area (Å²) in [5.74, 6) is 0.0349. The number of hydrogen-bond donors (Lipinski definition) is 0. The van der Waals surface area contributed by atoms with Gasteiger partial charge in [0.25, 0.3) is 0 Å². The minimum absolute atomic E-state index is 0.0619. The normalized spacial score (nSPS) is 12.4. The van der Waals surface area contributed by atoms with Gasteiger partial charge in [-0.3, -0.25) is 14.4 Å². The molecule has 0 aliphatic heterocycles. The topological polar surface area (TPSA) is 78.9 Å². The van der Waals surface area contributed by atoms with E-state index in [4.69, 9.17) is 14.2 Å². The molecule has 6 nitrogen and oxygen atoms in total. The summed E-state index contributed by atoms with van der Waals surface area (Å²) in [4.78, 5) is 38.2. The summed E-state index contributed by atoms with van der Waals surface area (Å²) in [6.45, 7) is 9.08. The summed E-state index contributed by atoms with van der Waals surface area (Å²) in [6, 6.07) is 0. The highest BCUT2D eigenvalue weighted by Gasteiger charge is 2.19. The van der Waals surface area contributed by atoms with E-state index >= 15 is 0 Å². The van der Waals surface area contributed by atoms with Gasteiger partial charge in [0.15, 0.2) is 6.10 Å². The van der Waals surface area contributed by atoms with Crippen molar-refractivity contribution in [3.63, 3.8) is 0 Å². The van der Waals surface area contributed by atoms with Crippen LogP contribution < -0.4 is 0 Å². The van der Waals surface area contributed by atoms with Crippen LogP contribution in [0.25, 0.3) is 0 Å². The van der Waals surface area contributed by atoms with Crippen LogP contribution in [-0.2, 0) is 28.6 Å². The van der Waals surface area contributed by atoms with Gasteiger partial charge in [-0.15, -0.1) is 0 Å². The number of esters is 3. The molecule has 2 atom stereocenters. The molecule has 6 heteroatoms. The second-order valence-electron chi connectivity index (χ2n) is 20.5. The third-order valence-corrected chi connectivity index (χ3v) is 13.9. The summed E-state index contributed by atoms with van der Waals surface area (Å²) in [5, 5.41) is 0. The van der Waals surface area contributed by atoms with Crippen LogP contribution in [0.3, 0.4) is 0 Å². The van der Waals surface area contributed by atoms with Gasteiger partial charge in [0.1, 0.15) is 13.2 Å². The molecule has 0 amide bonds. The largest absolute Gasteiger partial charge is 0.462 e. The second kappa shape index (κ2) is 53.4. The van der Waals surface area contributed by atoms with Gasteiger partial charge in [-0.2, -0.15) is 0 Å². The monoisotopic (exact) mass is 919 g/mol. The van der Waals surface area contributed by atoms with Gasteiger partial charge >= 0.3 is 17.9 Å². The van der Waals surface area contributed by atoms with E-state index in [9.17, 15) is 14.4 Å². The zero-order valence-corrected chi connectivity index (χ0v) is 44.5. The van der Waals surface area contributed by atoms with Gasteiger partial charge in [0.05, 0.1) is 0 Å². The number of rotatable bonds is 54. The lowest BCUT2D eigenvalue weighted by molar-refractivity contribution is -0.167. The van der Waals surface area contributed by atoms with Crippen LogP contribution in [0, 0.1) is 5.92 Å². The molecule has 0 saturated carbocycles. The van der Waals surface area contributed by atoms with Crippen LogP contribution in [0.15, 0.2) is 0 Å². The lowest BCUT2D eigenvalue weighted by atomic mass is 9.99. The Labute approximate surface area is 406 Å². The minimum Gasteiger partial charge on any atom is -0.462 e. The molecule has 0 radical (unpaired) electrons. The number of carbonyl (C=O) groups is 3. The first-order chi connectivity index (χ1) is 31.9. The van der Waals surface area contributed by atoms with Crippen molar-refractivity contribution in [2.24, 2.45) is 5.92 Å². The van der Waals surface area contributed by atoms with Crippen LogP contribution in [0.1, 0.15) is 336 Å². The lowest BCUT2D eigenvalue weighted by Crippen LogP contribution is -2.30. The lowest BCUT2D eigenvalue weighted by Gasteiger charge is -2.18. The van der Waals surface area contributed by atoms with Gasteiger partial charge in [-0.1, -0.05) is 297 Å². The Balaban J connectivity index is 4.30. The van der Waals surface area contributed by atoms with Crippen molar-refractivity contribution in [1.82, 2.24) is 0 Å². The zero-order valence-electron chi connectivity index (χ0n) is 44.5. The highest BCUT2D eigenvalue weighted by atomic mass is 16.6. The predicted octanol–water partition coefficient (Wildman–Crippen LogP) is 19.4. The molecular weight excluding hydrogens is 805 g/mol. The van der Waals surface area contributed by atoms with Crippen LogP contribution in [0.4, 0.5) is 0 Å². The Bertz CT molecular complexity index is 982. The smallest absolute Gasteiger partial charge is 0.306 e. The second-order valence-corrected chi connectivity index (χ2v) is 20.5.